The smallest absolute Gasteiger partial charge is 0.290 e. The molecule has 0 bridgehead atoms. The Morgan fingerprint density at radius 3 is 2.33 bits per heavy atom. The molecule has 1 aromatic heterocycles. The lowest BCUT2D eigenvalue weighted by Gasteiger charge is -2.13. The van der Waals surface area contributed by atoms with Crippen molar-refractivity contribution in [1.29, 1.82) is 0 Å². The lowest BCUT2D eigenvalue weighted by atomic mass is 10.0. The predicted octanol–water partition coefficient (Wildman–Crippen LogP) is 5.45. The first-order valence-electron chi connectivity index (χ1n) is 9.79. The number of aryl methyl sites for hydroxylation is 1. The molecular weight excluding hydrogens is 382 g/mol. The molecule has 30 heavy (non-hydrogen) atoms. The minimum atomic E-state index is -0.356. The number of ether oxygens (including phenoxy) is 3. The van der Waals surface area contributed by atoms with E-state index in [1.807, 2.05) is 37.3 Å². The van der Waals surface area contributed by atoms with Crippen LogP contribution in [-0.2, 0) is 6.54 Å². The van der Waals surface area contributed by atoms with Gasteiger partial charge in [-0.2, -0.15) is 0 Å². The number of amides is 1. The molecule has 1 N–H and O–H groups in total. The minimum Gasteiger partial charge on any atom is -0.496 e. The lowest BCUT2D eigenvalue weighted by molar-refractivity contribution is 0.0917. The number of carbonyl (C=O) groups excluding carboxylic acids is 1. The van der Waals surface area contributed by atoms with Crippen LogP contribution in [0.25, 0.3) is 0 Å². The van der Waals surface area contributed by atoms with Crippen molar-refractivity contribution in [1.82, 2.24) is 5.32 Å². The molecule has 0 radical (unpaired) electrons. The van der Waals surface area contributed by atoms with Crippen molar-refractivity contribution in [3.63, 3.8) is 0 Å². The van der Waals surface area contributed by atoms with E-state index in [4.69, 9.17) is 18.6 Å². The van der Waals surface area contributed by atoms with Crippen molar-refractivity contribution in [2.24, 2.45) is 0 Å². The first kappa shape index (κ1) is 21.3. The molecule has 0 unspecified atom stereocenters. The van der Waals surface area contributed by atoms with Gasteiger partial charge in [0.1, 0.15) is 17.2 Å². The van der Waals surface area contributed by atoms with E-state index in [1.165, 1.54) is 5.56 Å². The largest absolute Gasteiger partial charge is 0.496 e. The van der Waals surface area contributed by atoms with E-state index in [1.54, 1.807) is 26.4 Å². The summed E-state index contributed by atoms with van der Waals surface area (Å²) in [6, 6.07) is 14.8. The molecule has 0 spiro atoms. The summed E-state index contributed by atoms with van der Waals surface area (Å²) in [6.45, 7) is 6.45. The van der Waals surface area contributed by atoms with Crippen molar-refractivity contribution in [3.8, 4) is 23.2 Å². The molecule has 3 rings (SSSR count). The van der Waals surface area contributed by atoms with Gasteiger partial charge in [-0.3, -0.25) is 4.79 Å². The van der Waals surface area contributed by atoms with Crippen LogP contribution in [0.15, 0.2) is 52.9 Å². The predicted molar refractivity (Wildman–Crippen MR) is 115 cm³/mol. The third-order valence-electron chi connectivity index (χ3n) is 4.85. The highest BCUT2D eigenvalue weighted by Gasteiger charge is 2.16. The Morgan fingerprint density at radius 2 is 1.70 bits per heavy atom. The molecule has 2 aromatic carbocycles. The van der Waals surface area contributed by atoms with E-state index in [0.29, 0.717) is 23.2 Å². The molecule has 0 aliphatic heterocycles. The van der Waals surface area contributed by atoms with Gasteiger partial charge < -0.3 is 23.9 Å². The van der Waals surface area contributed by atoms with Gasteiger partial charge >= 0.3 is 0 Å². The van der Waals surface area contributed by atoms with Crippen molar-refractivity contribution in [3.05, 3.63) is 71.0 Å². The summed E-state index contributed by atoms with van der Waals surface area (Å²) >= 11 is 0. The summed E-state index contributed by atoms with van der Waals surface area (Å²) < 4.78 is 22.2. The molecule has 0 fully saturated rings. The Labute approximate surface area is 176 Å². The summed E-state index contributed by atoms with van der Waals surface area (Å²) in [5.41, 5.74) is 2.91. The highest BCUT2D eigenvalue weighted by Crippen LogP contribution is 2.30. The Balaban J connectivity index is 1.70. The fraction of sp³-hybridized carbons (Fsp3) is 0.292. The summed E-state index contributed by atoms with van der Waals surface area (Å²) in [5, 5.41) is 2.83. The van der Waals surface area contributed by atoms with Crippen molar-refractivity contribution < 1.29 is 23.4 Å². The zero-order chi connectivity index (χ0) is 21.7. The van der Waals surface area contributed by atoms with Gasteiger partial charge in [0.2, 0.25) is 0 Å². The number of benzene rings is 2. The molecular formula is C24H27NO5. The molecule has 158 valence electrons. The van der Waals surface area contributed by atoms with Crippen LogP contribution < -0.4 is 19.5 Å². The fourth-order valence-corrected chi connectivity index (χ4v) is 3.05. The van der Waals surface area contributed by atoms with Crippen molar-refractivity contribution in [2.75, 3.05) is 14.2 Å². The molecule has 0 atom stereocenters. The van der Waals surface area contributed by atoms with Crippen LogP contribution in [0.1, 0.15) is 47.0 Å². The van der Waals surface area contributed by atoms with Crippen LogP contribution in [0.5, 0.6) is 23.2 Å². The van der Waals surface area contributed by atoms with E-state index in [0.717, 1.165) is 11.1 Å². The zero-order valence-electron chi connectivity index (χ0n) is 17.9. The fourth-order valence-electron chi connectivity index (χ4n) is 3.05. The number of rotatable bonds is 8. The van der Waals surface area contributed by atoms with Gasteiger partial charge in [-0.25, -0.2) is 0 Å². The first-order chi connectivity index (χ1) is 14.4. The topological polar surface area (TPSA) is 69.9 Å². The van der Waals surface area contributed by atoms with Gasteiger partial charge in [-0.15, -0.1) is 0 Å². The third kappa shape index (κ3) is 4.76. The molecule has 1 amide bonds. The Hall–Kier alpha value is -3.41. The number of hydrogen-bond acceptors (Lipinski definition) is 5. The maximum absolute atomic E-state index is 12.6. The third-order valence-corrected chi connectivity index (χ3v) is 4.85. The number of furan rings is 1. The Morgan fingerprint density at radius 1 is 1.00 bits per heavy atom. The molecule has 1 heterocycles. The zero-order valence-corrected chi connectivity index (χ0v) is 17.9. The monoisotopic (exact) mass is 409 g/mol. The normalized spacial score (nSPS) is 10.7. The van der Waals surface area contributed by atoms with Crippen LogP contribution in [0.3, 0.4) is 0 Å². The lowest BCUT2D eigenvalue weighted by Crippen LogP contribution is -2.22. The maximum atomic E-state index is 12.6. The van der Waals surface area contributed by atoms with E-state index in [-0.39, 0.29) is 24.2 Å². The average molecular weight is 409 g/mol. The Bertz CT molecular complexity index is 1000. The van der Waals surface area contributed by atoms with Crippen molar-refractivity contribution in [2.45, 2.75) is 33.2 Å². The molecule has 0 aliphatic carbocycles. The second-order valence-electron chi connectivity index (χ2n) is 7.22. The summed E-state index contributed by atoms with van der Waals surface area (Å²) in [7, 11) is 3.15. The van der Waals surface area contributed by atoms with Gasteiger partial charge in [0.25, 0.3) is 11.9 Å². The van der Waals surface area contributed by atoms with Gasteiger partial charge in [0, 0.05) is 6.07 Å². The number of carbonyl (C=O) groups is 1. The summed E-state index contributed by atoms with van der Waals surface area (Å²) in [4.78, 5) is 12.6. The molecule has 3 aromatic rings. The standard InChI is InChI=1S/C24H27NO5/c1-15(2)17-10-9-16(3)22(13-17)30-23-12-11-21(29-23)24(26)25-14-18-19(27-4)7-6-8-20(18)28-5/h6-13,15H,14H2,1-5H3,(H,25,26). The SMILES string of the molecule is COc1cccc(OC)c1CNC(=O)c1ccc(Oc2cc(C(C)C)ccc2C)o1. The second-order valence-corrected chi connectivity index (χ2v) is 7.22. The molecule has 6 nitrogen and oxygen atoms in total. The maximum Gasteiger partial charge on any atom is 0.290 e. The first-order valence-corrected chi connectivity index (χ1v) is 9.79. The van der Waals surface area contributed by atoms with E-state index >= 15 is 0 Å². The molecule has 6 heteroatoms. The van der Waals surface area contributed by atoms with E-state index in [2.05, 4.69) is 25.2 Å². The summed E-state index contributed by atoms with van der Waals surface area (Å²) in [5.74, 6) is 2.44. The van der Waals surface area contributed by atoms with Crippen LogP contribution in [0.4, 0.5) is 0 Å². The van der Waals surface area contributed by atoms with Crippen LogP contribution >= 0.6 is 0 Å². The highest BCUT2D eigenvalue weighted by atomic mass is 16.6. The molecule has 0 saturated heterocycles. The highest BCUT2D eigenvalue weighted by molar-refractivity contribution is 5.91. The van der Waals surface area contributed by atoms with Crippen LogP contribution in [0, 0.1) is 6.92 Å². The quantitative estimate of drug-likeness (QED) is 0.536. The van der Waals surface area contributed by atoms with Gasteiger partial charge in [0.15, 0.2) is 5.76 Å². The van der Waals surface area contributed by atoms with Gasteiger partial charge in [0.05, 0.1) is 26.3 Å². The van der Waals surface area contributed by atoms with Crippen molar-refractivity contribution >= 4 is 5.91 Å². The van der Waals surface area contributed by atoms with E-state index in [9.17, 15) is 4.79 Å². The van der Waals surface area contributed by atoms with Crippen LogP contribution in [0.2, 0.25) is 0 Å². The van der Waals surface area contributed by atoms with Crippen LogP contribution in [-0.4, -0.2) is 20.1 Å². The average Bonchev–Trinajstić information content (AvgIpc) is 3.21. The van der Waals surface area contributed by atoms with E-state index < -0.39 is 0 Å². The number of nitrogens with one attached hydrogen (secondary N) is 1. The summed E-state index contributed by atoms with van der Waals surface area (Å²) in [6.07, 6.45) is 0. The number of methoxy groups -OCH3 is 2. The molecule has 0 saturated carbocycles. The Kier molecular flexibility index (Phi) is 6.67. The number of hydrogen-bond donors (Lipinski definition) is 1. The van der Waals surface area contributed by atoms with Gasteiger partial charge in [-0.05, 0) is 48.2 Å². The van der Waals surface area contributed by atoms with Gasteiger partial charge in [-0.1, -0.05) is 32.0 Å². The second kappa shape index (κ2) is 9.39. The minimum absolute atomic E-state index is 0.163. The molecule has 0 aliphatic rings.